The molecule has 88 valence electrons. The third-order valence-corrected chi connectivity index (χ3v) is 2.73. The highest BCUT2D eigenvalue weighted by Crippen LogP contribution is 2.32. The predicted octanol–water partition coefficient (Wildman–Crippen LogP) is 2.47. The molecular weight excluding hydrogens is 228 g/mol. The topological polar surface area (TPSA) is 66.6 Å². The van der Waals surface area contributed by atoms with Gasteiger partial charge in [0.05, 0.1) is 16.3 Å². The maximum absolute atomic E-state index is 11.1. The fraction of sp³-hybridized carbons (Fsp3) is 0.364. The van der Waals surface area contributed by atoms with Crippen LogP contribution in [0.5, 0.6) is 0 Å². The molecule has 4 nitrogen and oxygen atoms in total. The van der Waals surface area contributed by atoms with E-state index in [1.54, 1.807) is 13.1 Å². The second-order valence-corrected chi connectivity index (χ2v) is 4.32. The summed E-state index contributed by atoms with van der Waals surface area (Å²) in [6.07, 6.45) is 0. The van der Waals surface area contributed by atoms with Gasteiger partial charge in [-0.15, -0.1) is 0 Å². The zero-order valence-corrected chi connectivity index (χ0v) is 10.2. The smallest absolute Gasteiger partial charge is 0.337 e. The number of hydrogen-bond donors (Lipinski definition) is 2. The Morgan fingerprint density at radius 2 is 2.06 bits per heavy atom. The Balaban J connectivity index is 3.41. The molecule has 0 aromatic heterocycles. The molecule has 0 bridgehead atoms. The Morgan fingerprint density at radius 3 is 2.50 bits per heavy atom. The lowest BCUT2D eigenvalue weighted by molar-refractivity contribution is 0.0697. The summed E-state index contributed by atoms with van der Waals surface area (Å²) in [6, 6.07) is 3.13. The van der Waals surface area contributed by atoms with Gasteiger partial charge in [-0.2, -0.15) is 0 Å². The number of aromatic carboxylic acids is 1. The van der Waals surface area contributed by atoms with E-state index >= 15 is 0 Å². The van der Waals surface area contributed by atoms with Crippen molar-refractivity contribution in [3.63, 3.8) is 0 Å². The van der Waals surface area contributed by atoms with Crippen LogP contribution in [0.1, 0.15) is 24.2 Å². The van der Waals surface area contributed by atoms with Crippen LogP contribution >= 0.6 is 11.6 Å². The van der Waals surface area contributed by atoms with E-state index in [0.29, 0.717) is 16.4 Å². The highest BCUT2D eigenvalue weighted by Gasteiger charge is 2.19. The van der Waals surface area contributed by atoms with Crippen LogP contribution in [0.3, 0.4) is 0 Å². The lowest BCUT2D eigenvalue weighted by Gasteiger charge is -2.26. The van der Waals surface area contributed by atoms with Crippen LogP contribution in [-0.4, -0.2) is 24.2 Å². The summed E-state index contributed by atoms with van der Waals surface area (Å²) in [5.74, 6) is -1.03. The maximum Gasteiger partial charge on any atom is 0.337 e. The number of anilines is 2. The lowest BCUT2D eigenvalue weighted by atomic mass is 10.1. The second-order valence-electron chi connectivity index (χ2n) is 3.91. The summed E-state index contributed by atoms with van der Waals surface area (Å²) in [5.41, 5.74) is 6.55. The van der Waals surface area contributed by atoms with Crippen molar-refractivity contribution in [3.8, 4) is 0 Å². The van der Waals surface area contributed by atoms with E-state index in [1.165, 1.54) is 6.07 Å². The minimum atomic E-state index is -1.03. The number of carbonyl (C=O) groups is 1. The van der Waals surface area contributed by atoms with Gasteiger partial charge in [-0.3, -0.25) is 0 Å². The fourth-order valence-electron chi connectivity index (χ4n) is 1.40. The number of halogens is 1. The van der Waals surface area contributed by atoms with Crippen molar-refractivity contribution in [3.05, 3.63) is 22.7 Å². The molecule has 1 rings (SSSR count). The van der Waals surface area contributed by atoms with E-state index in [1.807, 2.05) is 18.7 Å². The van der Waals surface area contributed by atoms with Crippen LogP contribution in [0.4, 0.5) is 11.4 Å². The van der Waals surface area contributed by atoms with Gasteiger partial charge < -0.3 is 15.7 Å². The molecular formula is C11H15ClN2O2. The zero-order chi connectivity index (χ0) is 12.5. The van der Waals surface area contributed by atoms with Gasteiger partial charge in [0, 0.05) is 18.8 Å². The van der Waals surface area contributed by atoms with Gasteiger partial charge >= 0.3 is 5.97 Å². The van der Waals surface area contributed by atoms with Gasteiger partial charge in [0.25, 0.3) is 0 Å². The molecule has 0 radical (unpaired) electrons. The molecule has 0 fully saturated rings. The standard InChI is InChI=1S/C11H15ClN2O2/c1-6(2)14(3)10-8(11(15)16)4-7(13)5-9(10)12/h4-6H,13H2,1-3H3,(H,15,16). The molecule has 0 atom stereocenters. The van der Waals surface area contributed by atoms with Gasteiger partial charge in [-0.05, 0) is 26.0 Å². The molecule has 0 spiro atoms. The van der Waals surface area contributed by atoms with Crippen LogP contribution in [-0.2, 0) is 0 Å². The summed E-state index contributed by atoms with van der Waals surface area (Å²) >= 11 is 6.03. The minimum absolute atomic E-state index is 0.126. The number of benzene rings is 1. The van der Waals surface area contributed by atoms with Crippen LogP contribution in [0.25, 0.3) is 0 Å². The van der Waals surface area contributed by atoms with Crippen molar-refractivity contribution in [2.24, 2.45) is 0 Å². The molecule has 0 aliphatic rings. The Bertz CT molecular complexity index is 419. The summed E-state index contributed by atoms with van der Waals surface area (Å²) < 4.78 is 0. The van der Waals surface area contributed by atoms with Crippen molar-refractivity contribution in [2.75, 3.05) is 17.7 Å². The summed E-state index contributed by atoms with van der Waals surface area (Å²) in [7, 11) is 1.80. The summed E-state index contributed by atoms with van der Waals surface area (Å²) in [6.45, 7) is 3.91. The average molecular weight is 243 g/mol. The SMILES string of the molecule is CC(C)N(C)c1c(Cl)cc(N)cc1C(=O)O. The Kier molecular flexibility index (Phi) is 3.65. The van der Waals surface area contributed by atoms with E-state index in [-0.39, 0.29) is 11.6 Å². The van der Waals surface area contributed by atoms with Crippen molar-refractivity contribution >= 4 is 28.9 Å². The highest BCUT2D eigenvalue weighted by molar-refractivity contribution is 6.34. The van der Waals surface area contributed by atoms with Crippen LogP contribution in [0, 0.1) is 0 Å². The van der Waals surface area contributed by atoms with Crippen molar-refractivity contribution in [1.29, 1.82) is 0 Å². The summed E-state index contributed by atoms with van der Waals surface area (Å²) in [5, 5.41) is 9.46. The van der Waals surface area contributed by atoms with Crippen LogP contribution in [0.2, 0.25) is 5.02 Å². The monoisotopic (exact) mass is 242 g/mol. The van der Waals surface area contributed by atoms with Gasteiger partial charge in [-0.1, -0.05) is 11.6 Å². The van der Waals surface area contributed by atoms with Crippen LogP contribution < -0.4 is 10.6 Å². The molecule has 1 aromatic rings. The highest BCUT2D eigenvalue weighted by atomic mass is 35.5. The third kappa shape index (κ3) is 2.39. The first-order valence-corrected chi connectivity index (χ1v) is 5.27. The fourth-order valence-corrected chi connectivity index (χ4v) is 1.76. The number of nitrogen functional groups attached to an aromatic ring is 1. The number of nitrogens with zero attached hydrogens (tertiary/aromatic N) is 1. The Hall–Kier alpha value is -1.42. The number of nitrogens with two attached hydrogens (primary N) is 1. The Labute approximate surface area is 99.6 Å². The largest absolute Gasteiger partial charge is 0.478 e. The van der Waals surface area contributed by atoms with E-state index < -0.39 is 5.97 Å². The quantitative estimate of drug-likeness (QED) is 0.799. The van der Waals surface area contributed by atoms with Crippen molar-refractivity contribution in [1.82, 2.24) is 0 Å². The normalized spacial score (nSPS) is 10.6. The van der Waals surface area contributed by atoms with Gasteiger partial charge in [0.2, 0.25) is 0 Å². The molecule has 0 amide bonds. The maximum atomic E-state index is 11.1. The number of rotatable bonds is 3. The number of hydrogen-bond acceptors (Lipinski definition) is 3. The summed E-state index contributed by atoms with van der Waals surface area (Å²) in [4.78, 5) is 12.9. The van der Waals surface area contributed by atoms with E-state index in [4.69, 9.17) is 22.4 Å². The molecule has 5 heteroatoms. The third-order valence-electron chi connectivity index (χ3n) is 2.44. The lowest BCUT2D eigenvalue weighted by Crippen LogP contribution is -2.27. The molecule has 0 heterocycles. The first-order valence-electron chi connectivity index (χ1n) is 4.89. The molecule has 16 heavy (non-hydrogen) atoms. The van der Waals surface area contributed by atoms with Gasteiger partial charge in [0.1, 0.15) is 0 Å². The molecule has 0 aliphatic heterocycles. The molecule has 1 aromatic carbocycles. The second kappa shape index (κ2) is 4.61. The van der Waals surface area contributed by atoms with Crippen LogP contribution in [0.15, 0.2) is 12.1 Å². The van der Waals surface area contributed by atoms with E-state index in [2.05, 4.69) is 0 Å². The predicted molar refractivity (Wildman–Crippen MR) is 66.4 cm³/mol. The van der Waals surface area contributed by atoms with Crippen molar-refractivity contribution in [2.45, 2.75) is 19.9 Å². The van der Waals surface area contributed by atoms with Gasteiger partial charge in [0.15, 0.2) is 0 Å². The molecule has 3 N–H and O–H groups in total. The average Bonchev–Trinajstić information content (AvgIpc) is 2.15. The van der Waals surface area contributed by atoms with Gasteiger partial charge in [-0.25, -0.2) is 4.79 Å². The van der Waals surface area contributed by atoms with Crippen molar-refractivity contribution < 1.29 is 9.90 Å². The van der Waals surface area contributed by atoms with E-state index in [9.17, 15) is 4.79 Å². The first-order chi connectivity index (χ1) is 7.34. The Morgan fingerprint density at radius 1 is 1.50 bits per heavy atom. The number of carboxylic acid groups (broad SMARTS) is 1. The molecule has 0 aliphatic carbocycles. The zero-order valence-electron chi connectivity index (χ0n) is 9.49. The molecule has 0 unspecified atom stereocenters. The minimum Gasteiger partial charge on any atom is -0.478 e. The molecule has 0 saturated carbocycles. The van der Waals surface area contributed by atoms with E-state index in [0.717, 1.165) is 0 Å². The molecule has 0 saturated heterocycles. The first kappa shape index (κ1) is 12.6. The number of carboxylic acids is 1.